The summed E-state index contributed by atoms with van der Waals surface area (Å²) in [5, 5.41) is 3.48. The molecule has 0 aliphatic heterocycles. The van der Waals surface area contributed by atoms with Gasteiger partial charge in [0, 0.05) is 17.3 Å². The van der Waals surface area contributed by atoms with Crippen LogP contribution in [-0.4, -0.2) is 33.9 Å². The van der Waals surface area contributed by atoms with Gasteiger partial charge >= 0.3 is 6.61 Å². The fraction of sp³-hybridized carbons (Fsp3) is 0.238. The molecule has 0 aliphatic rings. The third-order valence-corrected chi connectivity index (χ3v) is 4.85. The van der Waals surface area contributed by atoms with E-state index in [2.05, 4.69) is 15.0 Å². The lowest BCUT2D eigenvalue weighted by molar-refractivity contribution is -0.119. The molecule has 3 aromatic rings. The third kappa shape index (κ3) is 5.57. The highest BCUT2D eigenvalue weighted by Crippen LogP contribution is 2.30. The van der Waals surface area contributed by atoms with Crippen molar-refractivity contribution >= 4 is 17.7 Å². The second-order valence-electron chi connectivity index (χ2n) is 6.51. The number of imidazole rings is 1. The summed E-state index contributed by atoms with van der Waals surface area (Å²) in [5.74, 6) is 0.216. The Hall–Kier alpha value is -2.87. The average molecular weight is 417 g/mol. The van der Waals surface area contributed by atoms with E-state index in [0.717, 1.165) is 16.9 Å². The number of ether oxygens (including phenoxy) is 1. The Morgan fingerprint density at radius 3 is 2.45 bits per heavy atom. The minimum atomic E-state index is -2.88. The van der Waals surface area contributed by atoms with Crippen molar-refractivity contribution in [3.05, 3.63) is 60.8 Å². The van der Waals surface area contributed by atoms with Crippen LogP contribution in [0.25, 0.3) is 16.9 Å². The van der Waals surface area contributed by atoms with Gasteiger partial charge in [0.05, 0.1) is 17.6 Å². The zero-order valence-corrected chi connectivity index (χ0v) is 16.8. The molecule has 1 N–H and O–H groups in total. The molecule has 0 spiro atoms. The minimum absolute atomic E-state index is 0.0603. The standard InChI is InChI=1S/C21H21F2N3O2S/c1-14(2)25-19(27)13-29-21-24-12-18(15-6-4-3-5-7-15)26(21)16-8-10-17(11-9-16)28-20(22)23/h3-12,14,20H,13H2,1-2H3,(H,25,27). The number of nitrogens with one attached hydrogen (secondary N) is 1. The number of carbonyl (C=O) groups is 1. The zero-order valence-electron chi connectivity index (χ0n) is 16.0. The van der Waals surface area contributed by atoms with Crippen LogP contribution in [0.15, 0.2) is 66.0 Å². The number of hydrogen-bond donors (Lipinski definition) is 1. The SMILES string of the molecule is CC(C)NC(=O)CSc1ncc(-c2ccccc2)n1-c1ccc(OC(F)F)cc1. The van der Waals surface area contributed by atoms with Crippen molar-refractivity contribution in [2.45, 2.75) is 31.7 Å². The Labute approximate surface area is 172 Å². The maximum atomic E-state index is 12.4. The smallest absolute Gasteiger partial charge is 0.387 e. The quantitative estimate of drug-likeness (QED) is 0.537. The number of aromatic nitrogens is 2. The second-order valence-corrected chi connectivity index (χ2v) is 7.45. The molecule has 3 rings (SSSR count). The lowest BCUT2D eigenvalue weighted by Gasteiger charge is -2.13. The van der Waals surface area contributed by atoms with E-state index < -0.39 is 6.61 Å². The average Bonchev–Trinajstić information content (AvgIpc) is 3.11. The van der Waals surface area contributed by atoms with Crippen molar-refractivity contribution in [2.75, 3.05) is 5.75 Å². The molecular weight excluding hydrogens is 396 g/mol. The molecule has 152 valence electrons. The summed E-state index contributed by atoms with van der Waals surface area (Å²) in [6, 6.07) is 16.1. The molecule has 0 bridgehead atoms. The number of halogens is 2. The molecule has 0 atom stereocenters. The number of nitrogens with zero attached hydrogens (tertiary/aromatic N) is 2. The number of amides is 1. The molecule has 8 heteroatoms. The van der Waals surface area contributed by atoms with E-state index in [9.17, 15) is 13.6 Å². The van der Waals surface area contributed by atoms with Crippen molar-refractivity contribution in [3.63, 3.8) is 0 Å². The number of carbonyl (C=O) groups excluding carboxylic acids is 1. The summed E-state index contributed by atoms with van der Waals surface area (Å²) < 4.78 is 31.2. The van der Waals surface area contributed by atoms with Gasteiger partial charge < -0.3 is 10.1 Å². The summed E-state index contributed by atoms with van der Waals surface area (Å²) >= 11 is 1.31. The van der Waals surface area contributed by atoms with E-state index in [0.29, 0.717) is 5.16 Å². The summed E-state index contributed by atoms with van der Waals surface area (Å²) in [7, 11) is 0. The van der Waals surface area contributed by atoms with Crippen LogP contribution in [0.2, 0.25) is 0 Å². The predicted octanol–water partition coefficient (Wildman–Crippen LogP) is 4.76. The van der Waals surface area contributed by atoms with Crippen molar-refractivity contribution in [1.29, 1.82) is 0 Å². The van der Waals surface area contributed by atoms with Crippen LogP contribution < -0.4 is 10.1 Å². The van der Waals surface area contributed by atoms with Crippen molar-refractivity contribution < 1.29 is 18.3 Å². The van der Waals surface area contributed by atoms with Crippen LogP contribution in [0, 0.1) is 0 Å². The molecular formula is C21H21F2N3O2S. The fourth-order valence-corrected chi connectivity index (χ4v) is 3.57. The molecule has 1 aromatic heterocycles. The number of thioether (sulfide) groups is 1. The van der Waals surface area contributed by atoms with E-state index in [1.54, 1.807) is 18.3 Å². The number of hydrogen-bond acceptors (Lipinski definition) is 4. The Bertz CT molecular complexity index is 944. The molecule has 5 nitrogen and oxygen atoms in total. The fourth-order valence-electron chi connectivity index (χ4n) is 2.77. The molecule has 0 radical (unpaired) electrons. The monoisotopic (exact) mass is 417 g/mol. The van der Waals surface area contributed by atoms with Gasteiger partial charge in [0.2, 0.25) is 5.91 Å². The number of rotatable bonds is 8. The topological polar surface area (TPSA) is 56.2 Å². The van der Waals surface area contributed by atoms with Gasteiger partial charge in [-0.15, -0.1) is 0 Å². The van der Waals surface area contributed by atoms with E-state index in [1.165, 1.54) is 23.9 Å². The Morgan fingerprint density at radius 1 is 1.14 bits per heavy atom. The van der Waals surface area contributed by atoms with Crippen LogP contribution >= 0.6 is 11.8 Å². The van der Waals surface area contributed by atoms with Gasteiger partial charge in [0.25, 0.3) is 0 Å². The molecule has 2 aromatic carbocycles. The van der Waals surface area contributed by atoms with E-state index in [-0.39, 0.29) is 23.5 Å². The second kappa shape index (κ2) is 9.56. The molecule has 29 heavy (non-hydrogen) atoms. The van der Waals surface area contributed by atoms with Gasteiger partial charge in [-0.25, -0.2) is 4.98 Å². The first kappa shape index (κ1) is 20.9. The molecule has 0 aliphatic carbocycles. The Morgan fingerprint density at radius 2 is 1.83 bits per heavy atom. The van der Waals surface area contributed by atoms with Gasteiger partial charge in [-0.2, -0.15) is 8.78 Å². The van der Waals surface area contributed by atoms with Crippen LogP contribution in [0.1, 0.15) is 13.8 Å². The van der Waals surface area contributed by atoms with Crippen LogP contribution in [0.4, 0.5) is 8.78 Å². The highest BCUT2D eigenvalue weighted by molar-refractivity contribution is 7.99. The highest BCUT2D eigenvalue weighted by atomic mass is 32.2. The highest BCUT2D eigenvalue weighted by Gasteiger charge is 2.16. The molecule has 1 amide bonds. The van der Waals surface area contributed by atoms with Gasteiger partial charge in [-0.05, 0) is 38.1 Å². The zero-order chi connectivity index (χ0) is 20.8. The molecule has 0 unspecified atom stereocenters. The van der Waals surface area contributed by atoms with Crippen molar-refractivity contribution in [1.82, 2.24) is 14.9 Å². The minimum Gasteiger partial charge on any atom is -0.435 e. The summed E-state index contributed by atoms with van der Waals surface area (Å²) in [6.07, 6.45) is 1.74. The maximum Gasteiger partial charge on any atom is 0.387 e. The van der Waals surface area contributed by atoms with Gasteiger partial charge in [-0.3, -0.25) is 9.36 Å². The molecule has 0 saturated carbocycles. The number of benzene rings is 2. The lowest BCUT2D eigenvalue weighted by Crippen LogP contribution is -2.31. The largest absolute Gasteiger partial charge is 0.435 e. The van der Waals surface area contributed by atoms with Crippen LogP contribution in [0.3, 0.4) is 0 Å². The molecule has 0 fully saturated rings. The van der Waals surface area contributed by atoms with Gasteiger partial charge in [0.1, 0.15) is 5.75 Å². The predicted molar refractivity (Wildman–Crippen MR) is 110 cm³/mol. The molecule has 0 saturated heterocycles. The maximum absolute atomic E-state index is 12.4. The summed E-state index contributed by atoms with van der Waals surface area (Å²) in [6.45, 7) is 0.930. The summed E-state index contributed by atoms with van der Waals surface area (Å²) in [5.41, 5.74) is 2.51. The van der Waals surface area contributed by atoms with Crippen molar-refractivity contribution in [2.24, 2.45) is 0 Å². The third-order valence-electron chi connectivity index (χ3n) is 3.90. The van der Waals surface area contributed by atoms with Crippen LogP contribution in [-0.2, 0) is 4.79 Å². The molecule has 1 heterocycles. The first-order valence-corrected chi connectivity index (χ1v) is 10.0. The number of alkyl halides is 2. The van der Waals surface area contributed by atoms with Gasteiger partial charge in [-0.1, -0.05) is 42.1 Å². The first-order valence-electron chi connectivity index (χ1n) is 9.04. The lowest BCUT2D eigenvalue weighted by atomic mass is 10.1. The van der Waals surface area contributed by atoms with Crippen LogP contribution in [0.5, 0.6) is 5.75 Å². The van der Waals surface area contributed by atoms with Gasteiger partial charge in [0.15, 0.2) is 5.16 Å². The Balaban J connectivity index is 1.93. The first-order chi connectivity index (χ1) is 13.9. The van der Waals surface area contributed by atoms with E-state index in [1.807, 2.05) is 48.7 Å². The summed E-state index contributed by atoms with van der Waals surface area (Å²) in [4.78, 5) is 16.5. The van der Waals surface area contributed by atoms with E-state index >= 15 is 0 Å². The Kier molecular flexibility index (Phi) is 6.87. The van der Waals surface area contributed by atoms with E-state index in [4.69, 9.17) is 0 Å². The normalized spacial score (nSPS) is 11.1. The van der Waals surface area contributed by atoms with Crippen molar-refractivity contribution in [3.8, 4) is 22.7 Å².